The number of hydrogen-bond acceptors (Lipinski definition) is 0. The van der Waals surface area contributed by atoms with Gasteiger partial charge in [-0.15, -0.1) is 0 Å². The Labute approximate surface area is 135 Å². The summed E-state index contributed by atoms with van der Waals surface area (Å²) < 4.78 is 5.34. The number of allylic oxidation sites excluding steroid dienone is 2. The molecule has 0 aliphatic carbocycles. The van der Waals surface area contributed by atoms with Crippen LogP contribution in [0.25, 0.3) is 6.08 Å². The SMILES string of the molecule is CCC1=C(C)C2=Cc3c(C)cc(C)n3[B-](CC)(CC)[N+]2=C1C. The van der Waals surface area contributed by atoms with Gasteiger partial charge in [0.05, 0.1) is 0 Å². The van der Waals surface area contributed by atoms with Crippen molar-refractivity contribution < 1.29 is 4.49 Å². The molecule has 1 aromatic heterocycles. The number of rotatable bonds is 3. The Bertz CT molecular complexity index is 740. The van der Waals surface area contributed by atoms with Crippen LogP contribution in [0.2, 0.25) is 12.6 Å². The smallest absolute Gasteiger partial charge is 0.378 e. The van der Waals surface area contributed by atoms with Crippen molar-refractivity contribution in [3.63, 3.8) is 0 Å². The van der Waals surface area contributed by atoms with Crippen LogP contribution in [0.5, 0.6) is 0 Å². The summed E-state index contributed by atoms with van der Waals surface area (Å²) in [5.41, 5.74) is 10.2. The maximum atomic E-state index is 2.69. The van der Waals surface area contributed by atoms with Crippen LogP contribution in [0, 0.1) is 13.8 Å². The quantitative estimate of drug-likeness (QED) is 0.693. The van der Waals surface area contributed by atoms with E-state index in [4.69, 9.17) is 0 Å². The fourth-order valence-corrected chi connectivity index (χ4v) is 5.17. The highest BCUT2D eigenvalue weighted by atomic mass is 15.2. The van der Waals surface area contributed by atoms with Crippen LogP contribution >= 0.6 is 0 Å². The molecule has 3 rings (SSSR count). The minimum absolute atomic E-state index is 0.771. The molecule has 0 atom stereocenters. The number of aryl methyl sites for hydroxylation is 2. The van der Waals surface area contributed by atoms with Gasteiger partial charge < -0.3 is 8.96 Å². The summed E-state index contributed by atoms with van der Waals surface area (Å²) in [6.07, 6.45) is 5.13. The number of aromatic nitrogens is 1. The highest BCUT2D eigenvalue weighted by Gasteiger charge is 2.47. The Morgan fingerprint density at radius 2 is 1.68 bits per heavy atom. The van der Waals surface area contributed by atoms with E-state index in [2.05, 4.69) is 69.6 Å². The minimum Gasteiger partial charge on any atom is -0.459 e. The first-order valence-electron chi connectivity index (χ1n) is 8.86. The summed E-state index contributed by atoms with van der Waals surface area (Å²) in [6, 6.07) is 2.35. The summed E-state index contributed by atoms with van der Waals surface area (Å²) in [6.45, 7) is 16.1. The molecule has 0 saturated carbocycles. The van der Waals surface area contributed by atoms with Gasteiger partial charge in [0.15, 0.2) is 5.70 Å². The van der Waals surface area contributed by atoms with Gasteiger partial charge in [-0.25, -0.2) is 0 Å². The first-order valence-corrected chi connectivity index (χ1v) is 8.86. The third-order valence-electron chi connectivity index (χ3n) is 6.26. The normalized spacial score (nSPS) is 19.5. The van der Waals surface area contributed by atoms with Crippen LogP contribution in [0.3, 0.4) is 0 Å². The van der Waals surface area contributed by atoms with Gasteiger partial charge in [-0.3, -0.25) is 0 Å². The Morgan fingerprint density at radius 3 is 2.23 bits per heavy atom. The largest absolute Gasteiger partial charge is 0.459 e. The van der Waals surface area contributed by atoms with Gasteiger partial charge in [0.1, 0.15) is 5.71 Å². The molecule has 1 aromatic rings. The molecule has 2 aliphatic heterocycles. The van der Waals surface area contributed by atoms with Crippen molar-refractivity contribution in [2.75, 3.05) is 0 Å². The maximum Gasteiger partial charge on any atom is 0.378 e. The molecule has 0 radical (unpaired) electrons. The maximum absolute atomic E-state index is 2.69. The molecule has 0 amide bonds. The second-order valence-electron chi connectivity index (χ2n) is 7.12. The van der Waals surface area contributed by atoms with Gasteiger partial charge in [-0.2, -0.15) is 0 Å². The molecule has 3 heteroatoms. The zero-order valence-corrected chi connectivity index (χ0v) is 15.2. The predicted octanol–water partition coefficient (Wildman–Crippen LogP) is 5.00. The van der Waals surface area contributed by atoms with Gasteiger partial charge in [-0.05, 0) is 44.5 Å². The molecular weight excluding hydrogens is 267 g/mol. The Kier molecular flexibility index (Phi) is 3.50. The van der Waals surface area contributed by atoms with Crippen molar-refractivity contribution in [1.29, 1.82) is 0 Å². The van der Waals surface area contributed by atoms with E-state index in [1.54, 1.807) is 5.57 Å². The molecular formula is C19H29BN2. The second kappa shape index (κ2) is 5.01. The second-order valence-corrected chi connectivity index (χ2v) is 7.12. The topological polar surface area (TPSA) is 7.94 Å². The van der Waals surface area contributed by atoms with Crippen LogP contribution in [0.4, 0.5) is 0 Å². The minimum atomic E-state index is -0.771. The predicted molar refractivity (Wildman–Crippen MR) is 97.9 cm³/mol. The summed E-state index contributed by atoms with van der Waals surface area (Å²) in [5.74, 6) is 0. The third kappa shape index (κ3) is 1.65. The monoisotopic (exact) mass is 296 g/mol. The number of fused-ring (bicyclic) bond motifs is 2. The lowest BCUT2D eigenvalue weighted by Crippen LogP contribution is -2.56. The highest BCUT2D eigenvalue weighted by molar-refractivity contribution is 6.72. The van der Waals surface area contributed by atoms with Crippen LogP contribution in [-0.2, 0) is 0 Å². The Hall–Kier alpha value is -1.51. The van der Waals surface area contributed by atoms with Gasteiger partial charge in [0.25, 0.3) is 0 Å². The fraction of sp³-hybridized carbons (Fsp3) is 0.526. The molecule has 118 valence electrons. The molecule has 0 unspecified atom stereocenters. The highest BCUT2D eigenvalue weighted by Crippen LogP contribution is 2.41. The molecule has 0 fully saturated rings. The van der Waals surface area contributed by atoms with E-state index in [0.717, 1.165) is 6.42 Å². The Balaban J connectivity index is 2.42. The number of nitrogens with zero attached hydrogens (tertiary/aromatic N) is 2. The van der Waals surface area contributed by atoms with Gasteiger partial charge in [0, 0.05) is 29.8 Å². The Morgan fingerprint density at radius 1 is 1.05 bits per heavy atom. The summed E-state index contributed by atoms with van der Waals surface area (Å²) in [4.78, 5) is 0. The van der Waals surface area contributed by atoms with Crippen molar-refractivity contribution >= 4 is 18.2 Å². The van der Waals surface area contributed by atoms with E-state index in [1.165, 1.54) is 46.6 Å². The molecule has 2 nitrogen and oxygen atoms in total. The zero-order valence-electron chi connectivity index (χ0n) is 15.2. The van der Waals surface area contributed by atoms with Crippen molar-refractivity contribution in [2.24, 2.45) is 0 Å². The average molecular weight is 296 g/mol. The summed E-state index contributed by atoms with van der Waals surface area (Å²) >= 11 is 0. The van der Waals surface area contributed by atoms with Gasteiger partial charge in [-0.1, -0.05) is 33.4 Å². The average Bonchev–Trinajstić information content (AvgIpc) is 2.93. The zero-order chi connectivity index (χ0) is 16.2. The molecule has 0 N–H and O–H groups in total. The first kappa shape index (κ1) is 15.4. The molecule has 22 heavy (non-hydrogen) atoms. The van der Waals surface area contributed by atoms with E-state index in [9.17, 15) is 0 Å². The van der Waals surface area contributed by atoms with Crippen molar-refractivity contribution in [3.8, 4) is 0 Å². The lowest BCUT2D eigenvalue weighted by Gasteiger charge is -2.42. The van der Waals surface area contributed by atoms with Crippen LogP contribution in [0.1, 0.15) is 58.0 Å². The number of hydrogen-bond donors (Lipinski definition) is 0. The molecule has 0 saturated heterocycles. The van der Waals surface area contributed by atoms with Crippen LogP contribution in [-0.4, -0.2) is 21.1 Å². The third-order valence-corrected chi connectivity index (χ3v) is 6.26. The molecule has 3 heterocycles. The molecule has 0 aromatic carbocycles. The van der Waals surface area contributed by atoms with Crippen molar-refractivity contribution in [2.45, 2.75) is 67.5 Å². The van der Waals surface area contributed by atoms with E-state index < -0.39 is 6.42 Å². The summed E-state index contributed by atoms with van der Waals surface area (Å²) in [5, 5.41) is 0. The van der Waals surface area contributed by atoms with E-state index in [0.29, 0.717) is 0 Å². The molecule has 0 bridgehead atoms. The van der Waals surface area contributed by atoms with Crippen LogP contribution in [0.15, 0.2) is 22.9 Å². The van der Waals surface area contributed by atoms with Gasteiger partial charge >= 0.3 is 6.42 Å². The van der Waals surface area contributed by atoms with E-state index in [-0.39, 0.29) is 0 Å². The lowest BCUT2D eigenvalue weighted by atomic mass is 9.40. The first-order chi connectivity index (χ1) is 10.4. The summed E-state index contributed by atoms with van der Waals surface area (Å²) in [7, 11) is 0. The van der Waals surface area contributed by atoms with Crippen molar-refractivity contribution in [3.05, 3.63) is 39.9 Å². The van der Waals surface area contributed by atoms with E-state index >= 15 is 0 Å². The molecule has 2 aliphatic rings. The molecule has 0 spiro atoms. The standard InChI is InChI=1S/C19H29BN2/c1-8-17-15(6)19-12-18-13(4)11-14(5)21(18)20(9-2,10-3)22(19)16(17)7/h11-12H,8-10H2,1-7H3. The fourth-order valence-electron chi connectivity index (χ4n) is 5.17. The van der Waals surface area contributed by atoms with Crippen molar-refractivity contribution in [1.82, 2.24) is 4.48 Å². The van der Waals surface area contributed by atoms with E-state index in [1.807, 2.05) is 0 Å². The van der Waals surface area contributed by atoms with Crippen LogP contribution < -0.4 is 0 Å². The lowest BCUT2D eigenvalue weighted by molar-refractivity contribution is -0.338. The van der Waals surface area contributed by atoms with Gasteiger partial charge in [0.2, 0.25) is 0 Å².